The van der Waals surface area contributed by atoms with E-state index in [1.165, 1.54) is 11.3 Å². The van der Waals surface area contributed by atoms with Gasteiger partial charge in [-0.2, -0.15) is 5.10 Å². The van der Waals surface area contributed by atoms with Gasteiger partial charge in [0.1, 0.15) is 0 Å². The van der Waals surface area contributed by atoms with Crippen molar-refractivity contribution >= 4 is 0 Å². The highest BCUT2D eigenvalue weighted by Gasteiger charge is 2.22. The van der Waals surface area contributed by atoms with Crippen LogP contribution in [-0.2, 0) is 7.05 Å². The molecule has 0 bridgehead atoms. The molecular weight excluding hydrogens is 186 g/mol. The fraction of sp³-hybridized carbons (Fsp3) is 0.750. The molecule has 0 spiro atoms. The van der Waals surface area contributed by atoms with Crippen LogP contribution < -0.4 is 5.73 Å². The van der Waals surface area contributed by atoms with Crippen molar-refractivity contribution in [3.05, 3.63) is 17.0 Å². The van der Waals surface area contributed by atoms with Gasteiger partial charge in [-0.05, 0) is 19.8 Å². The molecule has 0 fully saturated rings. The summed E-state index contributed by atoms with van der Waals surface area (Å²) in [6, 6.07) is 0.133. The van der Waals surface area contributed by atoms with E-state index in [0.717, 1.165) is 18.5 Å². The molecule has 1 aromatic rings. The van der Waals surface area contributed by atoms with Crippen LogP contribution in [0, 0.1) is 19.8 Å². The second-order valence-electron chi connectivity index (χ2n) is 4.31. The first-order valence-electron chi connectivity index (χ1n) is 5.78. The zero-order valence-corrected chi connectivity index (χ0v) is 10.5. The molecule has 86 valence electrons. The monoisotopic (exact) mass is 209 g/mol. The highest BCUT2D eigenvalue weighted by Crippen LogP contribution is 2.29. The van der Waals surface area contributed by atoms with E-state index in [0.29, 0.717) is 5.92 Å². The van der Waals surface area contributed by atoms with Crippen molar-refractivity contribution in [1.82, 2.24) is 9.78 Å². The van der Waals surface area contributed by atoms with Gasteiger partial charge in [-0.15, -0.1) is 0 Å². The first kappa shape index (κ1) is 12.2. The van der Waals surface area contributed by atoms with Crippen molar-refractivity contribution in [3.8, 4) is 0 Å². The van der Waals surface area contributed by atoms with Crippen molar-refractivity contribution in [2.24, 2.45) is 18.7 Å². The van der Waals surface area contributed by atoms with Crippen molar-refractivity contribution in [3.63, 3.8) is 0 Å². The largest absolute Gasteiger partial charge is 0.324 e. The van der Waals surface area contributed by atoms with Crippen LogP contribution in [0.25, 0.3) is 0 Å². The van der Waals surface area contributed by atoms with Crippen LogP contribution in [0.2, 0.25) is 0 Å². The van der Waals surface area contributed by atoms with Gasteiger partial charge in [0.15, 0.2) is 0 Å². The molecule has 0 aliphatic heterocycles. The molecule has 0 aliphatic rings. The summed E-state index contributed by atoms with van der Waals surface area (Å²) in [5.74, 6) is 0.562. The molecule has 1 heterocycles. The zero-order chi connectivity index (χ0) is 11.6. The predicted molar refractivity (Wildman–Crippen MR) is 63.7 cm³/mol. The van der Waals surface area contributed by atoms with Gasteiger partial charge in [-0.1, -0.05) is 26.7 Å². The Hall–Kier alpha value is -0.830. The van der Waals surface area contributed by atoms with E-state index >= 15 is 0 Å². The van der Waals surface area contributed by atoms with Crippen molar-refractivity contribution in [2.45, 2.75) is 46.6 Å². The van der Waals surface area contributed by atoms with E-state index in [2.05, 4.69) is 25.9 Å². The Morgan fingerprint density at radius 1 is 1.27 bits per heavy atom. The highest BCUT2D eigenvalue weighted by atomic mass is 15.3. The number of hydrogen-bond donors (Lipinski definition) is 1. The number of hydrogen-bond acceptors (Lipinski definition) is 2. The molecule has 3 heteroatoms. The van der Waals surface area contributed by atoms with E-state index in [9.17, 15) is 0 Å². The molecule has 1 rings (SSSR count). The quantitative estimate of drug-likeness (QED) is 0.828. The van der Waals surface area contributed by atoms with Crippen LogP contribution in [0.15, 0.2) is 0 Å². The van der Waals surface area contributed by atoms with Gasteiger partial charge in [0, 0.05) is 24.3 Å². The van der Waals surface area contributed by atoms with E-state index in [-0.39, 0.29) is 6.04 Å². The van der Waals surface area contributed by atoms with Crippen molar-refractivity contribution in [1.29, 1.82) is 0 Å². The molecule has 0 saturated carbocycles. The Kier molecular flexibility index (Phi) is 3.91. The Morgan fingerprint density at radius 3 is 2.13 bits per heavy atom. The second kappa shape index (κ2) is 4.79. The lowest BCUT2D eigenvalue weighted by atomic mass is 9.88. The van der Waals surface area contributed by atoms with Gasteiger partial charge in [0.05, 0.1) is 5.69 Å². The minimum Gasteiger partial charge on any atom is -0.324 e. The van der Waals surface area contributed by atoms with E-state index in [1.807, 2.05) is 18.7 Å². The smallest absolute Gasteiger partial charge is 0.0644 e. The number of aryl methyl sites for hydroxylation is 2. The maximum absolute atomic E-state index is 6.32. The number of aromatic nitrogens is 2. The number of nitrogens with zero attached hydrogens (tertiary/aromatic N) is 2. The SMILES string of the molecule is CCC(CC)C(N)c1c(C)nn(C)c1C. The summed E-state index contributed by atoms with van der Waals surface area (Å²) in [5, 5.41) is 4.42. The van der Waals surface area contributed by atoms with Crippen molar-refractivity contribution < 1.29 is 0 Å². The lowest BCUT2D eigenvalue weighted by Crippen LogP contribution is -2.21. The fourth-order valence-electron chi connectivity index (χ4n) is 2.30. The van der Waals surface area contributed by atoms with Crippen LogP contribution >= 0.6 is 0 Å². The predicted octanol–water partition coefficient (Wildman–Crippen LogP) is 2.47. The van der Waals surface area contributed by atoms with Gasteiger partial charge in [0.2, 0.25) is 0 Å². The molecule has 1 atom stereocenters. The first-order chi connectivity index (χ1) is 7.02. The average Bonchev–Trinajstić information content (AvgIpc) is 2.43. The summed E-state index contributed by atoms with van der Waals surface area (Å²) in [4.78, 5) is 0. The minimum absolute atomic E-state index is 0.133. The summed E-state index contributed by atoms with van der Waals surface area (Å²) in [5.41, 5.74) is 9.84. The summed E-state index contributed by atoms with van der Waals surface area (Å²) in [6.07, 6.45) is 2.26. The molecular formula is C12H23N3. The fourth-order valence-corrected chi connectivity index (χ4v) is 2.30. The molecule has 0 aliphatic carbocycles. The second-order valence-corrected chi connectivity index (χ2v) is 4.31. The third-order valence-electron chi connectivity index (χ3n) is 3.45. The standard InChI is InChI=1S/C12H23N3/c1-6-10(7-2)12(13)11-8(3)14-15(5)9(11)4/h10,12H,6-7,13H2,1-5H3. The average molecular weight is 209 g/mol. The highest BCUT2D eigenvalue weighted by molar-refractivity contribution is 5.28. The van der Waals surface area contributed by atoms with E-state index < -0.39 is 0 Å². The Balaban J connectivity index is 3.04. The lowest BCUT2D eigenvalue weighted by Gasteiger charge is -2.21. The first-order valence-corrected chi connectivity index (χ1v) is 5.78. The van der Waals surface area contributed by atoms with E-state index in [1.54, 1.807) is 0 Å². The van der Waals surface area contributed by atoms with Gasteiger partial charge in [-0.3, -0.25) is 4.68 Å². The zero-order valence-electron chi connectivity index (χ0n) is 10.5. The molecule has 1 unspecified atom stereocenters. The molecule has 2 N–H and O–H groups in total. The van der Waals surface area contributed by atoms with Crippen LogP contribution in [0.1, 0.15) is 49.7 Å². The summed E-state index contributed by atoms with van der Waals surface area (Å²) in [6.45, 7) is 8.55. The van der Waals surface area contributed by atoms with Crippen LogP contribution in [0.5, 0.6) is 0 Å². The Morgan fingerprint density at radius 2 is 1.80 bits per heavy atom. The molecule has 15 heavy (non-hydrogen) atoms. The summed E-state index contributed by atoms with van der Waals surface area (Å²) >= 11 is 0. The number of rotatable bonds is 4. The molecule has 0 amide bonds. The van der Waals surface area contributed by atoms with Crippen LogP contribution in [0.4, 0.5) is 0 Å². The lowest BCUT2D eigenvalue weighted by molar-refractivity contribution is 0.403. The minimum atomic E-state index is 0.133. The van der Waals surface area contributed by atoms with Crippen LogP contribution in [0.3, 0.4) is 0 Å². The van der Waals surface area contributed by atoms with E-state index in [4.69, 9.17) is 5.73 Å². The Labute approximate surface area is 92.7 Å². The molecule has 0 radical (unpaired) electrons. The Bertz CT molecular complexity index is 324. The van der Waals surface area contributed by atoms with Gasteiger partial charge in [-0.25, -0.2) is 0 Å². The van der Waals surface area contributed by atoms with Gasteiger partial charge >= 0.3 is 0 Å². The van der Waals surface area contributed by atoms with Crippen molar-refractivity contribution in [2.75, 3.05) is 0 Å². The molecule has 1 aromatic heterocycles. The van der Waals surface area contributed by atoms with Gasteiger partial charge < -0.3 is 5.73 Å². The normalized spacial score (nSPS) is 13.5. The number of nitrogens with two attached hydrogens (primary N) is 1. The third kappa shape index (κ3) is 2.23. The summed E-state index contributed by atoms with van der Waals surface area (Å²) in [7, 11) is 1.98. The maximum Gasteiger partial charge on any atom is 0.0644 e. The van der Waals surface area contributed by atoms with Crippen LogP contribution in [-0.4, -0.2) is 9.78 Å². The molecule has 3 nitrogen and oxygen atoms in total. The third-order valence-corrected chi connectivity index (χ3v) is 3.45. The summed E-state index contributed by atoms with van der Waals surface area (Å²) < 4.78 is 1.92. The molecule has 0 saturated heterocycles. The maximum atomic E-state index is 6.32. The van der Waals surface area contributed by atoms with Gasteiger partial charge in [0.25, 0.3) is 0 Å². The molecule has 0 aromatic carbocycles. The topological polar surface area (TPSA) is 43.8 Å².